The minimum atomic E-state index is -0.846. The summed E-state index contributed by atoms with van der Waals surface area (Å²) < 4.78 is 18.0. The number of nitrogens with zero attached hydrogens (tertiary/aromatic N) is 1. The Bertz CT molecular complexity index is 1040. The third-order valence-electron chi connectivity index (χ3n) is 6.23. The van der Waals surface area contributed by atoms with Gasteiger partial charge in [-0.1, -0.05) is 41.4 Å². The van der Waals surface area contributed by atoms with Gasteiger partial charge in [-0.2, -0.15) is 0 Å². The molecular formula is C26H29Cl2FN2O4. The zero-order valence-electron chi connectivity index (χ0n) is 19.6. The van der Waals surface area contributed by atoms with Crippen LogP contribution in [0.5, 0.6) is 0 Å². The summed E-state index contributed by atoms with van der Waals surface area (Å²) in [6, 6.07) is 10.3. The normalized spacial score (nSPS) is 14.9. The van der Waals surface area contributed by atoms with Crippen molar-refractivity contribution < 1.29 is 23.5 Å². The van der Waals surface area contributed by atoms with E-state index in [0.29, 0.717) is 48.8 Å². The van der Waals surface area contributed by atoms with Gasteiger partial charge in [0.2, 0.25) is 11.8 Å². The van der Waals surface area contributed by atoms with Gasteiger partial charge in [0.15, 0.2) is 0 Å². The lowest BCUT2D eigenvalue weighted by molar-refractivity contribution is -0.145. The average Bonchev–Trinajstić information content (AvgIpc) is 2.85. The van der Waals surface area contributed by atoms with Crippen LogP contribution in [0.2, 0.25) is 10.0 Å². The first-order chi connectivity index (χ1) is 16.7. The number of halogens is 3. The molecule has 0 radical (unpaired) electrons. The van der Waals surface area contributed by atoms with Crippen LogP contribution >= 0.6 is 23.2 Å². The lowest BCUT2D eigenvalue weighted by Crippen LogP contribution is -2.44. The van der Waals surface area contributed by atoms with E-state index in [1.54, 1.807) is 24.3 Å². The van der Waals surface area contributed by atoms with Gasteiger partial charge >= 0.3 is 5.97 Å². The van der Waals surface area contributed by atoms with Gasteiger partial charge in [0.1, 0.15) is 11.9 Å². The van der Waals surface area contributed by atoms with Crippen LogP contribution in [-0.2, 0) is 32.0 Å². The highest BCUT2D eigenvalue weighted by molar-refractivity contribution is 6.42. The first-order valence-corrected chi connectivity index (χ1v) is 12.3. The van der Waals surface area contributed by atoms with Gasteiger partial charge in [0.05, 0.1) is 17.2 Å². The Morgan fingerprint density at radius 1 is 1.06 bits per heavy atom. The van der Waals surface area contributed by atoms with Crippen molar-refractivity contribution in [2.75, 3.05) is 20.2 Å². The van der Waals surface area contributed by atoms with Crippen molar-refractivity contribution in [1.82, 2.24) is 10.2 Å². The summed E-state index contributed by atoms with van der Waals surface area (Å²) in [7, 11) is 1.26. The van der Waals surface area contributed by atoms with Crippen LogP contribution in [0.3, 0.4) is 0 Å². The van der Waals surface area contributed by atoms with Crippen molar-refractivity contribution in [2.24, 2.45) is 5.92 Å². The Kier molecular flexibility index (Phi) is 9.93. The number of rotatable bonds is 9. The van der Waals surface area contributed by atoms with Crippen LogP contribution in [0, 0.1) is 11.7 Å². The van der Waals surface area contributed by atoms with Gasteiger partial charge < -0.3 is 15.0 Å². The standard InChI is InChI=1S/C26H29Cl2FN2O4/c1-35-26(34)23(15-18-2-6-20(29)7-3-18)30-24(32)16-19-10-12-31(13-11-19)25(33)9-5-17-4-8-21(27)22(28)14-17/h2-4,6-8,14,19,23H,5,9-13,15-16H2,1H3,(H,30,32). The summed E-state index contributed by atoms with van der Waals surface area (Å²) >= 11 is 12.0. The molecule has 1 aliphatic heterocycles. The Hall–Kier alpha value is -2.64. The molecule has 1 atom stereocenters. The van der Waals surface area contributed by atoms with Crippen LogP contribution in [0.1, 0.15) is 36.8 Å². The molecule has 1 saturated heterocycles. The van der Waals surface area contributed by atoms with Crippen molar-refractivity contribution >= 4 is 41.0 Å². The largest absolute Gasteiger partial charge is 0.467 e. The van der Waals surface area contributed by atoms with Crippen LogP contribution in [0.25, 0.3) is 0 Å². The smallest absolute Gasteiger partial charge is 0.328 e. The molecule has 1 fully saturated rings. The minimum Gasteiger partial charge on any atom is -0.467 e. The number of hydrogen-bond acceptors (Lipinski definition) is 4. The van der Waals surface area contributed by atoms with E-state index in [0.717, 1.165) is 11.1 Å². The second-order valence-electron chi connectivity index (χ2n) is 8.75. The van der Waals surface area contributed by atoms with E-state index in [1.807, 2.05) is 11.0 Å². The van der Waals surface area contributed by atoms with Gasteiger partial charge in [-0.25, -0.2) is 9.18 Å². The SMILES string of the molecule is COC(=O)C(Cc1ccc(F)cc1)NC(=O)CC1CCN(C(=O)CCc2ccc(Cl)c(Cl)c2)CC1. The molecule has 0 bridgehead atoms. The second-order valence-corrected chi connectivity index (χ2v) is 9.56. The summed E-state index contributed by atoms with van der Waals surface area (Å²) in [6.45, 7) is 1.18. The molecule has 1 heterocycles. The summed E-state index contributed by atoms with van der Waals surface area (Å²) in [6.07, 6.45) is 2.88. The number of amides is 2. The zero-order valence-corrected chi connectivity index (χ0v) is 21.1. The van der Waals surface area contributed by atoms with Crippen molar-refractivity contribution in [3.05, 3.63) is 69.5 Å². The number of methoxy groups -OCH3 is 1. The fourth-order valence-corrected chi connectivity index (χ4v) is 4.52. The summed E-state index contributed by atoms with van der Waals surface area (Å²) in [5.41, 5.74) is 1.68. The number of hydrogen-bond donors (Lipinski definition) is 1. The predicted molar refractivity (Wildman–Crippen MR) is 133 cm³/mol. The van der Waals surface area contributed by atoms with E-state index in [1.165, 1.54) is 19.2 Å². The number of benzene rings is 2. The Balaban J connectivity index is 1.44. The molecule has 1 N–H and O–H groups in total. The lowest BCUT2D eigenvalue weighted by Gasteiger charge is -2.32. The number of aryl methyl sites for hydroxylation is 1. The topological polar surface area (TPSA) is 75.7 Å². The van der Waals surface area contributed by atoms with Gasteiger partial charge in [-0.15, -0.1) is 0 Å². The summed E-state index contributed by atoms with van der Waals surface area (Å²) in [5.74, 6) is -0.967. The van der Waals surface area contributed by atoms with Crippen molar-refractivity contribution in [3.63, 3.8) is 0 Å². The summed E-state index contributed by atoms with van der Waals surface area (Å²) in [5, 5.41) is 3.71. The molecule has 0 aliphatic carbocycles. The van der Waals surface area contributed by atoms with Gasteiger partial charge in [-0.05, 0) is 60.6 Å². The first kappa shape index (κ1) is 27.0. The van der Waals surface area contributed by atoms with Crippen LogP contribution in [0.15, 0.2) is 42.5 Å². The molecule has 0 spiro atoms. The Morgan fingerprint density at radius 3 is 2.34 bits per heavy atom. The van der Waals surface area contributed by atoms with Gasteiger partial charge in [0.25, 0.3) is 0 Å². The molecule has 2 aromatic carbocycles. The number of esters is 1. The molecule has 2 amide bonds. The van der Waals surface area contributed by atoms with Gasteiger partial charge in [0, 0.05) is 32.4 Å². The number of carbonyl (C=O) groups is 3. The van der Waals surface area contributed by atoms with E-state index in [2.05, 4.69) is 5.32 Å². The van der Waals surface area contributed by atoms with Crippen molar-refractivity contribution in [2.45, 2.75) is 44.6 Å². The number of ether oxygens (including phenoxy) is 1. The Labute approximate surface area is 214 Å². The zero-order chi connectivity index (χ0) is 25.4. The fraction of sp³-hybridized carbons (Fsp3) is 0.423. The number of carbonyl (C=O) groups excluding carboxylic acids is 3. The molecule has 35 heavy (non-hydrogen) atoms. The average molecular weight is 523 g/mol. The minimum absolute atomic E-state index is 0.0732. The van der Waals surface area contributed by atoms with Crippen LogP contribution in [-0.4, -0.2) is 48.9 Å². The molecule has 1 unspecified atom stereocenters. The quantitative estimate of drug-likeness (QED) is 0.488. The predicted octanol–water partition coefficient (Wildman–Crippen LogP) is 4.59. The third-order valence-corrected chi connectivity index (χ3v) is 6.97. The highest BCUT2D eigenvalue weighted by Crippen LogP contribution is 2.24. The monoisotopic (exact) mass is 522 g/mol. The van der Waals surface area contributed by atoms with Crippen molar-refractivity contribution in [1.29, 1.82) is 0 Å². The first-order valence-electron chi connectivity index (χ1n) is 11.6. The summed E-state index contributed by atoms with van der Waals surface area (Å²) in [4.78, 5) is 39.2. The molecule has 1 aliphatic rings. The van der Waals surface area contributed by atoms with E-state index >= 15 is 0 Å². The van der Waals surface area contributed by atoms with E-state index in [4.69, 9.17) is 27.9 Å². The molecule has 0 aromatic heterocycles. The maximum Gasteiger partial charge on any atom is 0.328 e. The maximum atomic E-state index is 13.2. The van der Waals surface area contributed by atoms with Crippen molar-refractivity contribution in [3.8, 4) is 0 Å². The second kappa shape index (κ2) is 12.9. The van der Waals surface area contributed by atoms with Gasteiger partial charge in [-0.3, -0.25) is 9.59 Å². The number of likely N-dealkylation sites (tertiary alicyclic amines) is 1. The molecule has 6 nitrogen and oxygen atoms in total. The van der Waals surface area contributed by atoms with E-state index in [9.17, 15) is 18.8 Å². The molecule has 3 rings (SSSR count). The lowest BCUT2D eigenvalue weighted by atomic mass is 9.92. The van der Waals surface area contributed by atoms with Crippen LogP contribution in [0.4, 0.5) is 4.39 Å². The molecule has 9 heteroatoms. The maximum absolute atomic E-state index is 13.2. The van der Waals surface area contributed by atoms with E-state index in [-0.39, 0.29) is 36.4 Å². The molecule has 2 aromatic rings. The highest BCUT2D eigenvalue weighted by Gasteiger charge is 2.27. The molecule has 188 valence electrons. The third kappa shape index (κ3) is 8.22. The molecule has 0 saturated carbocycles. The number of piperidine rings is 1. The van der Waals surface area contributed by atoms with Crippen LogP contribution < -0.4 is 5.32 Å². The van der Waals surface area contributed by atoms with E-state index < -0.39 is 12.0 Å². The number of nitrogens with one attached hydrogen (secondary N) is 1. The fourth-order valence-electron chi connectivity index (χ4n) is 4.20. The highest BCUT2D eigenvalue weighted by atomic mass is 35.5. The molecular weight excluding hydrogens is 494 g/mol. The Morgan fingerprint density at radius 2 is 1.71 bits per heavy atom.